The molecular weight excluding hydrogens is 178 g/mol. The van der Waals surface area contributed by atoms with Crippen molar-refractivity contribution < 1.29 is 9.84 Å². The smallest absolute Gasteiger partial charge is 0.213 e. The Hall–Kier alpha value is -1.25. The summed E-state index contributed by atoms with van der Waals surface area (Å²) in [6, 6.07) is 3.33. The lowest BCUT2D eigenvalue weighted by atomic mass is 10.2. The molecule has 1 aromatic heterocycles. The minimum atomic E-state index is 0.187. The van der Waals surface area contributed by atoms with Crippen molar-refractivity contribution >= 4 is 0 Å². The lowest BCUT2D eigenvalue weighted by molar-refractivity contribution is 0.186. The van der Waals surface area contributed by atoms with Crippen LogP contribution in [-0.2, 0) is 0 Å². The topological polar surface area (TPSA) is 42.4 Å². The molecule has 2 fully saturated rings. The summed E-state index contributed by atoms with van der Waals surface area (Å²) in [5.74, 6) is 2.68. The molecule has 1 N–H and O–H groups in total. The van der Waals surface area contributed by atoms with Gasteiger partial charge in [0.25, 0.3) is 0 Å². The first-order valence-electron chi connectivity index (χ1n) is 5.13. The Labute approximate surface area is 82.7 Å². The van der Waals surface area contributed by atoms with Gasteiger partial charge in [0.1, 0.15) is 11.9 Å². The van der Waals surface area contributed by atoms with E-state index in [2.05, 4.69) is 4.98 Å². The van der Waals surface area contributed by atoms with Crippen LogP contribution in [0.5, 0.6) is 11.6 Å². The number of pyridine rings is 1. The molecule has 1 heterocycles. The summed E-state index contributed by atoms with van der Waals surface area (Å²) in [6.07, 6.45) is 5.56. The van der Waals surface area contributed by atoms with Crippen molar-refractivity contribution in [2.45, 2.75) is 25.4 Å². The Morgan fingerprint density at radius 2 is 2.00 bits per heavy atom. The Morgan fingerprint density at radius 3 is 2.64 bits per heavy atom. The fourth-order valence-corrected chi connectivity index (χ4v) is 2.37. The average Bonchev–Trinajstić information content (AvgIpc) is 2.79. The molecule has 2 aliphatic rings. The molecule has 0 aliphatic heterocycles. The molecule has 0 unspecified atom stereocenters. The fourth-order valence-electron chi connectivity index (χ4n) is 2.37. The summed E-state index contributed by atoms with van der Waals surface area (Å²) in [5.41, 5.74) is 0. The van der Waals surface area contributed by atoms with Crippen LogP contribution in [-0.4, -0.2) is 16.2 Å². The molecule has 3 rings (SSSR count). The van der Waals surface area contributed by atoms with Crippen LogP contribution in [0.4, 0.5) is 0 Å². The molecule has 3 heteroatoms. The van der Waals surface area contributed by atoms with Crippen molar-refractivity contribution in [3.8, 4) is 11.6 Å². The first-order chi connectivity index (χ1) is 6.81. The molecule has 2 saturated carbocycles. The van der Waals surface area contributed by atoms with Crippen LogP contribution in [0.2, 0.25) is 0 Å². The molecular formula is C11H13NO2. The summed E-state index contributed by atoms with van der Waals surface area (Å²) in [6.45, 7) is 0. The van der Waals surface area contributed by atoms with E-state index in [1.165, 1.54) is 25.5 Å². The van der Waals surface area contributed by atoms with Gasteiger partial charge in [-0.2, -0.15) is 0 Å². The van der Waals surface area contributed by atoms with E-state index in [0.29, 0.717) is 12.0 Å². The minimum absolute atomic E-state index is 0.187. The van der Waals surface area contributed by atoms with Crippen LogP contribution >= 0.6 is 0 Å². The number of aromatic hydroxyl groups is 1. The molecule has 1 aromatic rings. The van der Waals surface area contributed by atoms with Crippen molar-refractivity contribution in [2.75, 3.05) is 0 Å². The minimum Gasteiger partial charge on any atom is -0.506 e. The molecule has 74 valence electrons. The van der Waals surface area contributed by atoms with Crippen molar-refractivity contribution in [2.24, 2.45) is 11.8 Å². The van der Waals surface area contributed by atoms with Gasteiger partial charge in [-0.25, -0.2) is 4.98 Å². The lowest BCUT2D eigenvalue weighted by Crippen LogP contribution is -2.14. The predicted molar refractivity (Wildman–Crippen MR) is 51.1 cm³/mol. The SMILES string of the molecule is Oc1ccc(O[C@@H]2C[C@@H]3C[C@@H]3C2)nc1. The highest BCUT2D eigenvalue weighted by Crippen LogP contribution is 2.52. The van der Waals surface area contributed by atoms with Gasteiger partial charge in [-0.3, -0.25) is 0 Å². The van der Waals surface area contributed by atoms with E-state index >= 15 is 0 Å². The molecule has 0 aromatic carbocycles. The second-order valence-electron chi connectivity index (χ2n) is 4.32. The van der Waals surface area contributed by atoms with Crippen molar-refractivity contribution in [3.05, 3.63) is 18.3 Å². The number of rotatable bonds is 2. The van der Waals surface area contributed by atoms with E-state index in [1.54, 1.807) is 12.1 Å². The molecule has 0 saturated heterocycles. The van der Waals surface area contributed by atoms with Crippen LogP contribution in [0.15, 0.2) is 18.3 Å². The van der Waals surface area contributed by atoms with Gasteiger partial charge < -0.3 is 9.84 Å². The van der Waals surface area contributed by atoms with Crippen molar-refractivity contribution in [1.82, 2.24) is 4.98 Å². The van der Waals surface area contributed by atoms with Gasteiger partial charge in [-0.15, -0.1) is 0 Å². The molecule has 3 nitrogen and oxygen atoms in total. The third-order valence-electron chi connectivity index (χ3n) is 3.21. The van der Waals surface area contributed by atoms with E-state index in [4.69, 9.17) is 9.84 Å². The summed E-state index contributed by atoms with van der Waals surface area (Å²) in [7, 11) is 0. The maximum absolute atomic E-state index is 9.05. The molecule has 0 amide bonds. The molecule has 0 spiro atoms. The molecule has 3 atom stereocenters. The normalized spacial score (nSPS) is 33.9. The van der Waals surface area contributed by atoms with Crippen LogP contribution in [0, 0.1) is 11.8 Å². The summed E-state index contributed by atoms with van der Waals surface area (Å²) in [5, 5.41) is 9.05. The summed E-state index contributed by atoms with van der Waals surface area (Å²) >= 11 is 0. The van der Waals surface area contributed by atoms with E-state index in [1.807, 2.05) is 0 Å². The summed E-state index contributed by atoms with van der Waals surface area (Å²) < 4.78 is 5.71. The summed E-state index contributed by atoms with van der Waals surface area (Å²) in [4.78, 5) is 4.01. The number of ether oxygens (including phenoxy) is 1. The van der Waals surface area contributed by atoms with Crippen LogP contribution in [0.1, 0.15) is 19.3 Å². The van der Waals surface area contributed by atoms with E-state index in [0.717, 1.165) is 11.8 Å². The average molecular weight is 191 g/mol. The number of hydrogen-bond acceptors (Lipinski definition) is 3. The highest BCUT2D eigenvalue weighted by atomic mass is 16.5. The third kappa shape index (κ3) is 1.43. The van der Waals surface area contributed by atoms with Crippen LogP contribution < -0.4 is 4.74 Å². The highest BCUT2D eigenvalue weighted by molar-refractivity contribution is 5.21. The molecule has 2 aliphatic carbocycles. The van der Waals surface area contributed by atoms with E-state index < -0.39 is 0 Å². The first-order valence-corrected chi connectivity index (χ1v) is 5.13. The Kier molecular flexibility index (Phi) is 1.66. The van der Waals surface area contributed by atoms with Crippen molar-refractivity contribution in [3.63, 3.8) is 0 Å². The number of nitrogens with zero attached hydrogens (tertiary/aromatic N) is 1. The standard InChI is InChI=1S/C11H13NO2/c13-9-1-2-11(12-6-9)14-10-4-7-3-8(7)5-10/h1-2,6-8,10,13H,3-5H2/t7-,8+,10+. The van der Waals surface area contributed by atoms with Gasteiger partial charge in [0, 0.05) is 6.07 Å². The monoisotopic (exact) mass is 191 g/mol. The van der Waals surface area contributed by atoms with Crippen LogP contribution in [0.3, 0.4) is 0 Å². The second-order valence-corrected chi connectivity index (χ2v) is 4.32. The number of aromatic nitrogens is 1. The molecule has 14 heavy (non-hydrogen) atoms. The lowest BCUT2D eigenvalue weighted by Gasteiger charge is -2.13. The first kappa shape index (κ1) is 8.09. The van der Waals surface area contributed by atoms with Gasteiger partial charge in [0.2, 0.25) is 5.88 Å². The highest BCUT2D eigenvalue weighted by Gasteiger charge is 2.46. The van der Waals surface area contributed by atoms with Crippen molar-refractivity contribution in [1.29, 1.82) is 0 Å². The van der Waals surface area contributed by atoms with E-state index in [9.17, 15) is 0 Å². The fraction of sp³-hybridized carbons (Fsp3) is 0.545. The van der Waals surface area contributed by atoms with E-state index in [-0.39, 0.29) is 5.75 Å². The van der Waals surface area contributed by atoms with Gasteiger partial charge >= 0.3 is 0 Å². The molecule has 0 radical (unpaired) electrons. The quantitative estimate of drug-likeness (QED) is 0.777. The Bertz CT molecular complexity index is 326. The second kappa shape index (κ2) is 2.87. The zero-order valence-electron chi connectivity index (χ0n) is 7.89. The largest absolute Gasteiger partial charge is 0.506 e. The van der Waals surface area contributed by atoms with Gasteiger partial charge in [0.15, 0.2) is 0 Å². The maximum Gasteiger partial charge on any atom is 0.213 e. The Balaban J connectivity index is 1.64. The molecule has 0 bridgehead atoms. The van der Waals surface area contributed by atoms with Crippen LogP contribution in [0.25, 0.3) is 0 Å². The predicted octanol–water partition coefficient (Wildman–Crippen LogP) is 1.96. The third-order valence-corrected chi connectivity index (χ3v) is 3.21. The number of hydrogen-bond donors (Lipinski definition) is 1. The van der Waals surface area contributed by atoms with Gasteiger partial charge in [-0.05, 0) is 37.2 Å². The number of fused-ring (bicyclic) bond motifs is 1. The zero-order chi connectivity index (χ0) is 9.54. The Morgan fingerprint density at radius 1 is 1.21 bits per heavy atom. The maximum atomic E-state index is 9.05. The zero-order valence-corrected chi connectivity index (χ0v) is 7.89. The van der Waals surface area contributed by atoms with Gasteiger partial charge in [0.05, 0.1) is 6.20 Å². The van der Waals surface area contributed by atoms with Gasteiger partial charge in [-0.1, -0.05) is 0 Å².